The van der Waals surface area contributed by atoms with Gasteiger partial charge in [-0.1, -0.05) is 6.07 Å². The summed E-state index contributed by atoms with van der Waals surface area (Å²) in [7, 11) is 3.12. The molecule has 1 N–H and O–H groups in total. The number of thiocarbonyl (C=S) groups is 1. The van der Waals surface area contributed by atoms with E-state index in [9.17, 15) is 9.59 Å². The van der Waals surface area contributed by atoms with Crippen molar-refractivity contribution in [2.24, 2.45) is 5.92 Å². The summed E-state index contributed by atoms with van der Waals surface area (Å²) in [4.78, 5) is 25.8. The zero-order valence-electron chi connectivity index (χ0n) is 16.4. The Hall–Kier alpha value is -2.61. The van der Waals surface area contributed by atoms with Gasteiger partial charge in [0.2, 0.25) is 5.91 Å². The number of ether oxygens (including phenoxy) is 3. The molecule has 1 aliphatic heterocycles. The maximum Gasteiger partial charge on any atom is 0.309 e. The quantitative estimate of drug-likeness (QED) is 0.442. The van der Waals surface area contributed by atoms with Crippen molar-refractivity contribution in [2.45, 2.75) is 19.8 Å². The number of nitrogens with one attached hydrogen (secondary N) is 1. The number of piperidine rings is 1. The number of hydrogen-bond donors (Lipinski definition) is 1. The highest BCUT2D eigenvalue weighted by molar-refractivity contribution is 7.80. The molecule has 1 fully saturated rings. The van der Waals surface area contributed by atoms with E-state index in [1.807, 2.05) is 11.0 Å². The lowest BCUT2D eigenvalue weighted by Crippen LogP contribution is -2.46. The maximum atomic E-state index is 12.2. The number of amides is 1. The van der Waals surface area contributed by atoms with Gasteiger partial charge in [0, 0.05) is 19.2 Å². The van der Waals surface area contributed by atoms with Gasteiger partial charge in [0.1, 0.15) is 0 Å². The summed E-state index contributed by atoms with van der Waals surface area (Å²) in [6, 6.07) is 5.37. The SMILES string of the molecule is CCOC(=O)C1CCN(C(=S)NC(=O)/C=C/c2ccc(OC)c(OC)c2)CC1. The molecule has 0 atom stereocenters. The fraction of sp³-hybridized carbons (Fsp3) is 0.450. The van der Waals surface area contributed by atoms with Crippen LogP contribution in [0, 0.1) is 5.92 Å². The van der Waals surface area contributed by atoms with E-state index in [-0.39, 0.29) is 17.8 Å². The van der Waals surface area contributed by atoms with Gasteiger partial charge in [-0.25, -0.2) is 0 Å². The van der Waals surface area contributed by atoms with Crippen LogP contribution in [0.1, 0.15) is 25.3 Å². The maximum absolute atomic E-state index is 12.2. The molecule has 0 unspecified atom stereocenters. The minimum atomic E-state index is -0.313. The van der Waals surface area contributed by atoms with Gasteiger partial charge in [-0.2, -0.15) is 0 Å². The van der Waals surface area contributed by atoms with Crippen LogP contribution < -0.4 is 14.8 Å². The van der Waals surface area contributed by atoms with Gasteiger partial charge < -0.3 is 19.1 Å². The van der Waals surface area contributed by atoms with Crippen molar-refractivity contribution in [1.29, 1.82) is 0 Å². The van der Waals surface area contributed by atoms with E-state index >= 15 is 0 Å². The minimum Gasteiger partial charge on any atom is -0.493 e. The fourth-order valence-electron chi connectivity index (χ4n) is 2.93. The lowest BCUT2D eigenvalue weighted by atomic mass is 9.97. The van der Waals surface area contributed by atoms with Crippen LogP contribution in [0.15, 0.2) is 24.3 Å². The zero-order valence-corrected chi connectivity index (χ0v) is 17.2. The Morgan fingerprint density at radius 1 is 1.21 bits per heavy atom. The number of esters is 1. The van der Waals surface area contributed by atoms with Gasteiger partial charge in [-0.3, -0.25) is 14.9 Å². The summed E-state index contributed by atoms with van der Waals surface area (Å²) in [5, 5.41) is 3.06. The van der Waals surface area contributed by atoms with E-state index in [0.717, 1.165) is 5.56 Å². The molecule has 1 aromatic rings. The van der Waals surface area contributed by atoms with Crippen molar-refractivity contribution in [3.05, 3.63) is 29.8 Å². The second-order valence-corrected chi connectivity index (χ2v) is 6.64. The number of benzene rings is 1. The molecule has 8 heteroatoms. The standard InChI is InChI=1S/C20H26N2O5S/c1-4-27-19(24)15-9-11-22(12-10-15)20(28)21-18(23)8-6-14-5-7-16(25-2)17(13-14)26-3/h5-8,13,15H,4,9-12H2,1-3H3,(H,21,23,28)/b8-6+. The topological polar surface area (TPSA) is 77.1 Å². The molecule has 1 aromatic carbocycles. The van der Waals surface area contributed by atoms with Gasteiger partial charge in [0.25, 0.3) is 0 Å². The number of hydrogen-bond acceptors (Lipinski definition) is 6. The third kappa shape index (κ3) is 5.95. The monoisotopic (exact) mass is 406 g/mol. The van der Waals surface area contributed by atoms with Gasteiger partial charge >= 0.3 is 5.97 Å². The van der Waals surface area contributed by atoms with Crippen LogP contribution in [-0.4, -0.2) is 55.8 Å². The number of carbonyl (C=O) groups is 2. The number of carbonyl (C=O) groups excluding carboxylic acids is 2. The molecule has 152 valence electrons. The van der Waals surface area contributed by atoms with Gasteiger partial charge in [0.15, 0.2) is 16.6 Å². The van der Waals surface area contributed by atoms with Crippen LogP contribution >= 0.6 is 12.2 Å². The van der Waals surface area contributed by atoms with Crippen molar-refractivity contribution in [1.82, 2.24) is 10.2 Å². The highest BCUT2D eigenvalue weighted by Gasteiger charge is 2.27. The Labute approximate surface area is 170 Å². The van der Waals surface area contributed by atoms with Crippen molar-refractivity contribution >= 4 is 35.3 Å². The summed E-state index contributed by atoms with van der Waals surface area (Å²) in [5.74, 6) is 0.642. The molecule has 28 heavy (non-hydrogen) atoms. The Balaban J connectivity index is 1.85. The second-order valence-electron chi connectivity index (χ2n) is 6.26. The second kappa shape index (κ2) is 10.7. The number of methoxy groups -OCH3 is 2. The minimum absolute atomic E-state index is 0.0975. The first kappa shape index (κ1) is 21.7. The lowest BCUT2D eigenvalue weighted by molar-refractivity contribution is -0.149. The molecule has 7 nitrogen and oxygen atoms in total. The first-order valence-electron chi connectivity index (χ1n) is 9.15. The molecule has 0 aromatic heterocycles. The number of nitrogens with zero attached hydrogens (tertiary/aromatic N) is 1. The molecule has 0 saturated carbocycles. The van der Waals surface area contributed by atoms with E-state index < -0.39 is 0 Å². The molecule has 1 saturated heterocycles. The summed E-state index contributed by atoms with van der Waals surface area (Å²) >= 11 is 5.32. The Morgan fingerprint density at radius 2 is 1.89 bits per heavy atom. The Kier molecular flexibility index (Phi) is 8.25. The lowest BCUT2D eigenvalue weighted by Gasteiger charge is -2.32. The van der Waals surface area contributed by atoms with Crippen LogP contribution in [0.2, 0.25) is 0 Å². The molecule has 0 spiro atoms. The van der Waals surface area contributed by atoms with E-state index in [4.69, 9.17) is 26.4 Å². The average molecular weight is 407 g/mol. The molecular weight excluding hydrogens is 380 g/mol. The van der Waals surface area contributed by atoms with Gasteiger partial charge in [0.05, 0.1) is 26.7 Å². The van der Waals surface area contributed by atoms with Crippen LogP contribution in [0.25, 0.3) is 6.08 Å². The largest absolute Gasteiger partial charge is 0.493 e. The van der Waals surface area contributed by atoms with Crippen molar-refractivity contribution in [2.75, 3.05) is 33.9 Å². The molecule has 0 aliphatic carbocycles. The summed E-state index contributed by atoms with van der Waals surface area (Å²) < 4.78 is 15.5. The Morgan fingerprint density at radius 3 is 2.50 bits per heavy atom. The van der Waals surface area contributed by atoms with E-state index in [0.29, 0.717) is 49.1 Å². The predicted molar refractivity (Wildman–Crippen MR) is 110 cm³/mol. The number of rotatable bonds is 6. The summed E-state index contributed by atoms with van der Waals surface area (Å²) in [6.45, 7) is 3.41. The third-order valence-electron chi connectivity index (χ3n) is 4.47. The first-order valence-corrected chi connectivity index (χ1v) is 9.56. The third-order valence-corrected chi connectivity index (χ3v) is 4.83. The zero-order chi connectivity index (χ0) is 20.5. The van der Waals surface area contributed by atoms with Crippen molar-refractivity contribution in [3.8, 4) is 11.5 Å². The van der Waals surface area contributed by atoms with Crippen LogP contribution in [0.4, 0.5) is 0 Å². The van der Waals surface area contributed by atoms with Gasteiger partial charge in [-0.15, -0.1) is 0 Å². The molecule has 0 bridgehead atoms. The molecule has 1 heterocycles. The summed E-state index contributed by atoms with van der Waals surface area (Å²) in [5.41, 5.74) is 0.800. The van der Waals surface area contributed by atoms with Crippen LogP contribution in [0.3, 0.4) is 0 Å². The van der Waals surface area contributed by atoms with E-state index in [1.54, 1.807) is 39.4 Å². The van der Waals surface area contributed by atoms with Crippen molar-refractivity contribution < 1.29 is 23.8 Å². The van der Waals surface area contributed by atoms with Gasteiger partial charge in [-0.05, 0) is 55.8 Å². The first-order chi connectivity index (χ1) is 13.5. The fourth-order valence-corrected chi connectivity index (χ4v) is 3.22. The molecule has 0 radical (unpaired) electrons. The average Bonchev–Trinajstić information content (AvgIpc) is 2.72. The van der Waals surface area contributed by atoms with Crippen LogP contribution in [-0.2, 0) is 14.3 Å². The molecule has 1 aliphatic rings. The van der Waals surface area contributed by atoms with Crippen LogP contribution in [0.5, 0.6) is 11.5 Å². The predicted octanol–water partition coefficient (Wildman–Crippen LogP) is 2.39. The smallest absolute Gasteiger partial charge is 0.309 e. The normalized spacial score (nSPS) is 14.6. The summed E-state index contributed by atoms with van der Waals surface area (Å²) in [6.07, 6.45) is 4.42. The molecular formula is C20H26N2O5S. The highest BCUT2D eigenvalue weighted by atomic mass is 32.1. The molecule has 2 rings (SSSR count). The Bertz CT molecular complexity index is 742. The van der Waals surface area contributed by atoms with E-state index in [2.05, 4.69) is 5.32 Å². The highest BCUT2D eigenvalue weighted by Crippen LogP contribution is 2.28. The number of likely N-dealkylation sites (tertiary alicyclic amines) is 1. The van der Waals surface area contributed by atoms with Crippen molar-refractivity contribution in [3.63, 3.8) is 0 Å². The van der Waals surface area contributed by atoms with E-state index in [1.165, 1.54) is 6.08 Å². The molecule has 1 amide bonds.